The summed E-state index contributed by atoms with van der Waals surface area (Å²) in [5.41, 5.74) is 1.60. The number of thiophene rings is 1. The van der Waals surface area contributed by atoms with E-state index in [1.165, 1.54) is 23.1 Å². The second-order valence-electron chi connectivity index (χ2n) is 3.81. The number of carboxylic acids is 1. The van der Waals surface area contributed by atoms with Gasteiger partial charge in [0.15, 0.2) is 5.58 Å². The fraction of sp³-hybridized carbons (Fsp3) is 0.0769. The molecule has 2 aromatic heterocycles. The summed E-state index contributed by atoms with van der Waals surface area (Å²) < 4.78 is 5.58. The topological polar surface area (TPSA) is 63.3 Å². The number of para-hydroxylation sites is 2. The number of aromatic carboxylic acids is 1. The van der Waals surface area contributed by atoms with Crippen LogP contribution >= 0.6 is 23.1 Å². The molecule has 0 bridgehead atoms. The molecule has 0 aliphatic rings. The Kier molecular flexibility index (Phi) is 3.27. The van der Waals surface area contributed by atoms with Crippen molar-refractivity contribution in [2.45, 2.75) is 11.0 Å². The molecule has 0 aliphatic carbocycles. The van der Waals surface area contributed by atoms with Gasteiger partial charge in [-0.3, -0.25) is 0 Å². The number of hydrogen-bond acceptors (Lipinski definition) is 5. The van der Waals surface area contributed by atoms with E-state index in [1.54, 1.807) is 6.07 Å². The molecule has 0 fully saturated rings. The van der Waals surface area contributed by atoms with E-state index in [4.69, 9.17) is 9.52 Å². The first-order chi connectivity index (χ1) is 9.22. The standard InChI is InChI=1S/C13H9NO3S2/c15-12(16)11-6-5-8(19-11)7-18-13-14-9-3-1-2-4-10(9)17-13/h1-6H,7H2,(H,15,16). The van der Waals surface area contributed by atoms with Gasteiger partial charge in [-0.25, -0.2) is 9.78 Å². The Morgan fingerprint density at radius 1 is 1.32 bits per heavy atom. The van der Waals surface area contributed by atoms with Crippen LogP contribution in [0.1, 0.15) is 14.5 Å². The zero-order valence-electron chi connectivity index (χ0n) is 9.70. The average molecular weight is 291 g/mol. The molecule has 1 N–H and O–H groups in total. The maximum atomic E-state index is 10.8. The van der Waals surface area contributed by atoms with E-state index in [1.807, 2.05) is 30.3 Å². The van der Waals surface area contributed by atoms with Gasteiger partial charge in [-0.2, -0.15) is 0 Å². The van der Waals surface area contributed by atoms with E-state index in [9.17, 15) is 4.79 Å². The number of thioether (sulfide) groups is 1. The Bertz CT molecular complexity index is 699. The van der Waals surface area contributed by atoms with E-state index >= 15 is 0 Å². The van der Waals surface area contributed by atoms with Gasteiger partial charge in [0.1, 0.15) is 10.4 Å². The first-order valence-corrected chi connectivity index (χ1v) is 7.33. The lowest BCUT2D eigenvalue weighted by Gasteiger charge is -1.92. The molecule has 19 heavy (non-hydrogen) atoms. The number of oxazole rings is 1. The van der Waals surface area contributed by atoms with Crippen molar-refractivity contribution in [3.63, 3.8) is 0 Å². The predicted molar refractivity (Wildman–Crippen MR) is 74.8 cm³/mol. The Morgan fingerprint density at radius 3 is 2.89 bits per heavy atom. The molecule has 0 unspecified atom stereocenters. The fourth-order valence-corrected chi connectivity index (χ4v) is 3.34. The highest BCUT2D eigenvalue weighted by molar-refractivity contribution is 7.98. The second kappa shape index (κ2) is 5.07. The van der Waals surface area contributed by atoms with Gasteiger partial charge in [-0.1, -0.05) is 23.9 Å². The Labute approximate surface area is 117 Å². The number of carboxylic acid groups (broad SMARTS) is 1. The molecule has 1 aromatic carbocycles. The molecule has 3 rings (SSSR count). The third-order valence-corrected chi connectivity index (χ3v) is 4.62. The van der Waals surface area contributed by atoms with E-state index in [2.05, 4.69) is 4.98 Å². The molecule has 4 nitrogen and oxygen atoms in total. The lowest BCUT2D eigenvalue weighted by Crippen LogP contribution is -1.89. The lowest BCUT2D eigenvalue weighted by atomic mass is 10.3. The first-order valence-electron chi connectivity index (χ1n) is 5.53. The second-order valence-corrected chi connectivity index (χ2v) is 5.90. The van der Waals surface area contributed by atoms with Gasteiger partial charge in [-0.15, -0.1) is 11.3 Å². The van der Waals surface area contributed by atoms with Gasteiger partial charge in [0.05, 0.1) is 0 Å². The molecule has 0 saturated carbocycles. The van der Waals surface area contributed by atoms with Crippen molar-refractivity contribution >= 4 is 40.2 Å². The van der Waals surface area contributed by atoms with Crippen LogP contribution in [0.15, 0.2) is 46.0 Å². The quantitative estimate of drug-likeness (QED) is 0.739. The van der Waals surface area contributed by atoms with Crippen LogP contribution in [0.3, 0.4) is 0 Å². The number of fused-ring (bicyclic) bond motifs is 1. The summed E-state index contributed by atoms with van der Waals surface area (Å²) in [6, 6.07) is 11.0. The summed E-state index contributed by atoms with van der Waals surface area (Å²) in [5.74, 6) is -0.228. The highest BCUT2D eigenvalue weighted by Crippen LogP contribution is 2.28. The normalized spacial score (nSPS) is 10.9. The molecule has 0 aliphatic heterocycles. The van der Waals surface area contributed by atoms with Crippen LogP contribution in [0, 0.1) is 0 Å². The number of carbonyl (C=O) groups is 1. The molecule has 0 radical (unpaired) electrons. The summed E-state index contributed by atoms with van der Waals surface area (Å²) in [4.78, 5) is 16.5. The Morgan fingerprint density at radius 2 is 2.16 bits per heavy atom. The van der Waals surface area contributed by atoms with Gasteiger partial charge < -0.3 is 9.52 Å². The molecule has 3 aromatic rings. The van der Waals surface area contributed by atoms with Gasteiger partial charge in [0.2, 0.25) is 0 Å². The molecular weight excluding hydrogens is 282 g/mol. The van der Waals surface area contributed by atoms with Crippen LogP contribution in [0.4, 0.5) is 0 Å². The van der Waals surface area contributed by atoms with Crippen molar-refractivity contribution in [2.24, 2.45) is 0 Å². The molecule has 0 saturated heterocycles. The van der Waals surface area contributed by atoms with Gasteiger partial charge in [0, 0.05) is 10.6 Å². The first kappa shape index (κ1) is 12.3. The van der Waals surface area contributed by atoms with E-state index in [0.29, 0.717) is 15.9 Å². The monoisotopic (exact) mass is 291 g/mol. The average Bonchev–Trinajstić information content (AvgIpc) is 3.02. The molecule has 0 spiro atoms. The van der Waals surface area contributed by atoms with Crippen LogP contribution < -0.4 is 0 Å². The molecule has 0 amide bonds. The van der Waals surface area contributed by atoms with Crippen molar-refractivity contribution in [2.75, 3.05) is 0 Å². The summed E-state index contributed by atoms with van der Waals surface area (Å²) >= 11 is 2.74. The third kappa shape index (κ3) is 2.64. The number of aromatic nitrogens is 1. The van der Waals surface area contributed by atoms with Crippen LogP contribution in [0.25, 0.3) is 11.1 Å². The van der Waals surface area contributed by atoms with Gasteiger partial charge >= 0.3 is 5.97 Å². The zero-order chi connectivity index (χ0) is 13.2. The molecule has 2 heterocycles. The third-order valence-electron chi connectivity index (χ3n) is 2.48. The van der Waals surface area contributed by atoms with Crippen LogP contribution in [0.5, 0.6) is 0 Å². The number of rotatable bonds is 4. The minimum absolute atomic E-state index is 0.355. The highest BCUT2D eigenvalue weighted by Gasteiger charge is 2.09. The number of hydrogen-bond donors (Lipinski definition) is 1. The van der Waals surface area contributed by atoms with Crippen molar-refractivity contribution in [1.29, 1.82) is 0 Å². The van der Waals surface area contributed by atoms with E-state index in [-0.39, 0.29) is 0 Å². The van der Waals surface area contributed by atoms with E-state index in [0.717, 1.165) is 16.0 Å². The Balaban J connectivity index is 1.72. The highest BCUT2D eigenvalue weighted by atomic mass is 32.2. The maximum Gasteiger partial charge on any atom is 0.345 e. The maximum absolute atomic E-state index is 10.8. The van der Waals surface area contributed by atoms with E-state index < -0.39 is 5.97 Å². The molecular formula is C13H9NO3S2. The summed E-state index contributed by atoms with van der Waals surface area (Å²) in [6.45, 7) is 0. The minimum Gasteiger partial charge on any atom is -0.477 e. The summed E-state index contributed by atoms with van der Waals surface area (Å²) in [7, 11) is 0. The molecule has 96 valence electrons. The molecule has 0 atom stereocenters. The van der Waals surface area contributed by atoms with Crippen LogP contribution in [-0.2, 0) is 5.75 Å². The van der Waals surface area contributed by atoms with Crippen LogP contribution in [0.2, 0.25) is 0 Å². The van der Waals surface area contributed by atoms with Crippen LogP contribution in [-0.4, -0.2) is 16.1 Å². The zero-order valence-corrected chi connectivity index (χ0v) is 11.3. The lowest BCUT2D eigenvalue weighted by molar-refractivity contribution is 0.0702. The van der Waals surface area contributed by atoms with Crippen molar-refractivity contribution in [3.8, 4) is 0 Å². The largest absolute Gasteiger partial charge is 0.477 e. The minimum atomic E-state index is -0.886. The number of nitrogens with zero attached hydrogens (tertiary/aromatic N) is 1. The predicted octanol–water partition coefficient (Wildman–Crippen LogP) is 3.88. The van der Waals surface area contributed by atoms with Crippen molar-refractivity contribution in [3.05, 3.63) is 46.2 Å². The molecule has 6 heteroatoms. The van der Waals surface area contributed by atoms with Gasteiger partial charge in [0.25, 0.3) is 5.22 Å². The SMILES string of the molecule is O=C(O)c1ccc(CSc2nc3ccccc3o2)s1. The fourth-order valence-electron chi connectivity index (χ4n) is 1.62. The number of benzene rings is 1. The Hall–Kier alpha value is -1.79. The summed E-state index contributed by atoms with van der Waals surface area (Å²) in [5, 5.41) is 9.45. The smallest absolute Gasteiger partial charge is 0.345 e. The summed E-state index contributed by atoms with van der Waals surface area (Å²) in [6.07, 6.45) is 0. The van der Waals surface area contributed by atoms with Crippen molar-refractivity contribution < 1.29 is 14.3 Å². The van der Waals surface area contributed by atoms with Gasteiger partial charge in [-0.05, 0) is 24.3 Å². The van der Waals surface area contributed by atoms with Crippen molar-refractivity contribution in [1.82, 2.24) is 4.98 Å².